The first-order valence-corrected chi connectivity index (χ1v) is 11.7. The van der Waals surface area contributed by atoms with E-state index in [0.29, 0.717) is 31.5 Å². The Kier molecular flexibility index (Phi) is 5.87. The van der Waals surface area contributed by atoms with Crippen LogP contribution in [-0.2, 0) is 19.6 Å². The predicted molar refractivity (Wildman–Crippen MR) is 115 cm³/mol. The number of hydrogen-bond donors (Lipinski definition) is 1. The number of benzene rings is 2. The van der Waals surface area contributed by atoms with Gasteiger partial charge in [0.15, 0.2) is 0 Å². The van der Waals surface area contributed by atoms with Crippen molar-refractivity contribution in [2.45, 2.75) is 30.6 Å². The third kappa shape index (κ3) is 4.24. The molecule has 7 nitrogen and oxygen atoms in total. The van der Waals surface area contributed by atoms with E-state index in [-0.39, 0.29) is 23.3 Å². The van der Waals surface area contributed by atoms with E-state index < -0.39 is 15.9 Å². The molecule has 1 atom stereocenters. The lowest BCUT2D eigenvalue weighted by atomic mass is 9.98. The molecular formula is C22H25N3O4S. The molecule has 2 aromatic rings. The molecule has 0 bridgehead atoms. The van der Waals surface area contributed by atoms with Crippen LogP contribution in [0, 0.1) is 5.92 Å². The number of sulfonamides is 1. The van der Waals surface area contributed by atoms with Crippen LogP contribution < -0.4 is 10.2 Å². The molecule has 0 unspecified atom stereocenters. The van der Waals surface area contributed by atoms with Crippen LogP contribution >= 0.6 is 0 Å². The van der Waals surface area contributed by atoms with Gasteiger partial charge in [0.1, 0.15) is 0 Å². The largest absolute Gasteiger partial charge is 0.326 e. The van der Waals surface area contributed by atoms with Gasteiger partial charge in [0.25, 0.3) is 0 Å². The van der Waals surface area contributed by atoms with Crippen molar-refractivity contribution in [2.24, 2.45) is 5.92 Å². The van der Waals surface area contributed by atoms with Crippen molar-refractivity contribution in [3.05, 3.63) is 54.6 Å². The van der Waals surface area contributed by atoms with Gasteiger partial charge in [0.2, 0.25) is 21.8 Å². The number of nitrogens with zero attached hydrogens (tertiary/aromatic N) is 2. The van der Waals surface area contributed by atoms with Crippen LogP contribution in [0.5, 0.6) is 0 Å². The van der Waals surface area contributed by atoms with Crippen molar-refractivity contribution in [2.75, 3.05) is 29.9 Å². The van der Waals surface area contributed by atoms with Gasteiger partial charge in [-0.25, -0.2) is 8.42 Å². The lowest BCUT2D eigenvalue weighted by Crippen LogP contribution is -2.43. The van der Waals surface area contributed by atoms with E-state index in [4.69, 9.17) is 0 Å². The third-order valence-electron chi connectivity index (χ3n) is 5.66. The summed E-state index contributed by atoms with van der Waals surface area (Å²) < 4.78 is 27.1. The fraction of sp³-hybridized carbons (Fsp3) is 0.364. The van der Waals surface area contributed by atoms with Crippen molar-refractivity contribution < 1.29 is 18.0 Å². The van der Waals surface area contributed by atoms with Crippen molar-refractivity contribution in [3.63, 3.8) is 0 Å². The second kappa shape index (κ2) is 8.57. The van der Waals surface area contributed by atoms with Gasteiger partial charge in [-0.3, -0.25) is 9.59 Å². The van der Waals surface area contributed by atoms with Crippen LogP contribution in [0.25, 0.3) is 0 Å². The fourth-order valence-corrected chi connectivity index (χ4v) is 5.55. The second-order valence-corrected chi connectivity index (χ2v) is 9.64. The SMILES string of the molecule is O=C(Nc1ccc(N2CCCC2=O)cc1)[C@@H]1CCCN(S(=O)(=O)c2ccccc2)C1. The molecule has 2 heterocycles. The van der Waals surface area contributed by atoms with E-state index in [0.717, 1.165) is 18.7 Å². The highest BCUT2D eigenvalue weighted by atomic mass is 32.2. The molecule has 0 spiro atoms. The molecule has 8 heteroatoms. The van der Waals surface area contributed by atoms with Gasteiger partial charge in [0, 0.05) is 37.4 Å². The Morgan fingerprint density at radius 3 is 2.37 bits per heavy atom. The van der Waals surface area contributed by atoms with Crippen molar-refractivity contribution in [1.29, 1.82) is 0 Å². The van der Waals surface area contributed by atoms with E-state index in [1.807, 2.05) is 12.1 Å². The molecular weight excluding hydrogens is 402 g/mol. The first-order chi connectivity index (χ1) is 14.4. The summed E-state index contributed by atoms with van der Waals surface area (Å²) in [5, 5.41) is 2.89. The predicted octanol–water partition coefficient (Wildman–Crippen LogP) is 2.85. The average molecular weight is 428 g/mol. The minimum absolute atomic E-state index is 0.119. The van der Waals surface area contributed by atoms with Gasteiger partial charge in [0.05, 0.1) is 10.8 Å². The summed E-state index contributed by atoms with van der Waals surface area (Å²) in [5.41, 5.74) is 1.46. The highest BCUT2D eigenvalue weighted by molar-refractivity contribution is 7.89. The molecule has 1 N–H and O–H groups in total. The zero-order chi connectivity index (χ0) is 21.1. The second-order valence-electron chi connectivity index (χ2n) is 7.70. The maximum atomic E-state index is 12.9. The number of hydrogen-bond acceptors (Lipinski definition) is 4. The smallest absolute Gasteiger partial charge is 0.243 e. The molecule has 2 fully saturated rings. The van der Waals surface area contributed by atoms with Gasteiger partial charge in [-0.05, 0) is 55.7 Å². The van der Waals surface area contributed by atoms with Crippen LogP contribution in [0.2, 0.25) is 0 Å². The molecule has 2 saturated heterocycles. The quantitative estimate of drug-likeness (QED) is 0.795. The van der Waals surface area contributed by atoms with Crippen molar-refractivity contribution >= 4 is 33.2 Å². The summed E-state index contributed by atoms with van der Waals surface area (Å²) in [6.07, 6.45) is 2.72. The van der Waals surface area contributed by atoms with E-state index in [1.54, 1.807) is 47.4 Å². The van der Waals surface area contributed by atoms with Gasteiger partial charge in [-0.15, -0.1) is 0 Å². The Morgan fingerprint density at radius 1 is 0.967 bits per heavy atom. The summed E-state index contributed by atoms with van der Waals surface area (Å²) in [4.78, 5) is 26.6. The van der Waals surface area contributed by atoms with Gasteiger partial charge in [-0.2, -0.15) is 4.31 Å². The number of carbonyl (C=O) groups excluding carboxylic acids is 2. The summed E-state index contributed by atoms with van der Waals surface area (Å²) in [6.45, 7) is 1.31. The molecule has 0 radical (unpaired) electrons. The number of nitrogens with one attached hydrogen (secondary N) is 1. The molecule has 4 rings (SSSR count). The maximum Gasteiger partial charge on any atom is 0.243 e. The number of piperidine rings is 1. The van der Waals surface area contributed by atoms with Crippen LogP contribution in [0.3, 0.4) is 0 Å². The molecule has 2 amide bonds. The van der Waals surface area contributed by atoms with E-state index >= 15 is 0 Å². The average Bonchev–Trinajstić information content (AvgIpc) is 3.21. The number of anilines is 2. The fourth-order valence-electron chi connectivity index (χ4n) is 4.01. The lowest BCUT2D eigenvalue weighted by Gasteiger charge is -2.31. The summed E-state index contributed by atoms with van der Waals surface area (Å²) in [5.74, 6) is -0.473. The molecule has 0 saturated carbocycles. The Labute approximate surface area is 176 Å². The molecule has 30 heavy (non-hydrogen) atoms. The summed E-state index contributed by atoms with van der Waals surface area (Å²) in [7, 11) is -3.61. The van der Waals surface area contributed by atoms with E-state index in [1.165, 1.54) is 4.31 Å². The van der Waals surface area contributed by atoms with Crippen molar-refractivity contribution in [3.8, 4) is 0 Å². The third-order valence-corrected chi connectivity index (χ3v) is 7.54. The summed E-state index contributed by atoms with van der Waals surface area (Å²) >= 11 is 0. The van der Waals surface area contributed by atoms with Gasteiger partial charge < -0.3 is 10.2 Å². The monoisotopic (exact) mass is 427 g/mol. The van der Waals surface area contributed by atoms with Gasteiger partial charge >= 0.3 is 0 Å². The molecule has 0 aliphatic carbocycles. The Hall–Kier alpha value is -2.71. The minimum atomic E-state index is -3.61. The Balaban J connectivity index is 1.40. The van der Waals surface area contributed by atoms with Crippen molar-refractivity contribution in [1.82, 2.24) is 4.31 Å². The molecule has 2 aliphatic heterocycles. The zero-order valence-electron chi connectivity index (χ0n) is 16.7. The zero-order valence-corrected chi connectivity index (χ0v) is 17.5. The van der Waals surface area contributed by atoms with E-state index in [2.05, 4.69) is 5.32 Å². The highest BCUT2D eigenvalue weighted by Gasteiger charge is 2.33. The first-order valence-electron chi connectivity index (χ1n) is 10.2. The maximum absolute atomic E-state index is 12.9. The van der Waals surface area contributed by atoms with E-state index in [9.17, 15) is 18.0 Å². The Morgan fingerprint density at radius 2 is 1.70 bits per heavy atom. The minimum Gasteiger partial charge on any atom is -0.326 e. The highest BCUT2D eigenvalue weighted by Crippen LogP contribution is 2.26. The van der Waals surface area contributed by atoms with Gasteiger partial charge in [-0.1, -0.05) is 18.2 Å². The normalized spacial score (nSPS) is 20.3. The molecule has 2 aliphatic rings. The first kappa shape index (κ1) is 20.6. The van der Waals surface area contributed by atoms with Crippen LogP contribution in [0.15, 0.2) is 59.5 Å². The number of carbonyl (C=O) groups is 2. The molecule has 0 aromatic heterocycles. The Bertz CT molecular complexity index is 1020. The molecule has 2 aromatic carbocycles. The number of rotatable bonds is 5. The number of amides is 2. The lowest BCUT2D eigenvalue weighted by molar-refractivity contribution is -0.121. The standard InChI is InChI=1S/C22H25N3O4S/c26-21-9-5-15-25(21)19-12-10-18(11-13-19)23-22(27)17-6-4-14-24(16-17)30(28,29)20-7-2-1-3-8-20/h1-3,7-8,10-13,17H,4-6,9,14-16H2,(H,23,27)/t17-/m1/s1. The van der Waals surface area contributed by atoms with Crippen LogP contribution in [0.1, 0.15) is 25.7 Å². The van der Waals surface area contributed by atoms with Crippen LogP contribution in [0.4, 0.5) is 11.4 Å². The topological polar surface area (TPSA) is 86.8 Å². The molecule has 158 valence electrons. The van der Waals surface area contributed by atoms with Crippen LogP contribution in [-0.4, -0.2) is 44.2 Å². The summed E-state index contributed by atoms with van der Waals surface area (Å²) in [6, 6.07) is 15.5.